The monoisotopic (exact) mass is 465 g/mol. The van der Waals surface area contributed by atoms with Gasteiger partial charge in [0.05, 0.1) is 29.6 Å². The summed E-state index contributed by atoms with van der Waals surface area (Å²) in [6.45, 7) is 2.45. The smallest absolute Gasteiger partial charge is 0.293 e. The van der Waals surface area contributed by atoms with Gasteiger partial charge in [0.25, 0.3) is 11.1 Å². The second kappa shape index (κ2) is 8.79. The molecule has 0 spiro atoms. The van der Waals surface area contributed by atoms with E-state index in [2.05, 4.69) is 15.9 Å². The first-order valence-corrected chi connectivity index (χ1v) is 10.0. The van der Waals surface area contributed by atoms with E-state index >= 15 is 0 Å². The molecule has 3 rings (SSSR count). The molecule has 8 heteroatoms. The lowest BCUT2D eigenvalue weighted by Crippen LogP contribution is -2.27. The molecule has 1 fully saturated rings. The molecule has 0 atom stereocenters. The van der Waals surface area contributed by atoms with Crippen LogP contribution in [0.15, 0.2) is 45.8 Å². The normalized spacial score (nSPS) is 15.4. The van der Waals surface area contributed by atoms with Gasteiger partial charge < -0.3 is 9.47 Å². The number of methoxy groups -OCH3 is 1. The third kappa shape index (κ3) is 4.39. The van der Waals surface area contributed by atoms with Crippen LogP contribution in [0, 0.1) is 5.82 Å². The van der Waals surface area contributed by atoms with Crippen LogP contribution in [0.5, 0.6) is 11.5 Å². The average molecular weight is 466 g/mol. The topological polar surface area (TPSA) is 55.8 Å². The lowest BCUT2D eigenvalue weighted by Gasteiger charge is -2.13. The molecule has 0 radical (unpaired) electrons. The van der Waals surface area contributed by atoms with E-state index in [9.17, 15) is 14.0 Å². The Kier molecular flexibility index (Phi) is 6.41. The Labute approximate surface area is 174 Å². The molecule has 28 heavy (non-hydrogen) atoms. The molecular weight excluding hydrogens is 449 g/mol. The van der Waals surface area contributed by atoms with Crippen LogP contribution < -0.4 is 9.47 Å². The zero-order chi connectivity index (χ0) is 20.3. The number of nitrogens with zero attached hydrogens (tertiary/aromatic N) is 1. The first-order valence-electron chi connectivity index (χ1n) is 8.43. The second-order valence-electron chi connectivity index (χ2n) is 5.86. The number of hydrogen-bond acceptors (Lipinski definition) is 5. The van der Waals surface area contributed by atoms with Crippen molar-refractivity contribution in [3.63, 3.8) is 0 Å². The maximum absolute atomic E-state index is 13.0. The van der Waals surface area contributed by atoms with E-state index in [4.69, 9.17) is 9.47 Å². The minimum atomic E-state index is -0.386. The molecule has 2 aromatic rings. The van der Waals surface area contributed by atoms with Gasteiger partial charge in [0.1, 0.15) is 5.82 Å². The number of hydrogen-bond donors (Lipinski definition) is 0. The van der Waals surface area contributed by atoms with E-state index in [1.807, 2.05) is 6.92 Å². The fraction of sp³-hybridized carbons (Fsp3) is 0.200. The van der Waals surface area contributed by atoms with E-state index in [0.717, 1.165) is 16.7 Å². The van der Waals surface area contributed by atoms with Crippen molar-refractivity contribution in [1.29, 1.82) is 0 Å². The molecule has 5 nitrogen and oxygen atoms in total. The lowest BCUT2D eigenvalue weighted by molar-refractivity contribution is -0.123. The van der Waals surface area contributed by atoms with Crippen LogP contribution in [0.2, 0.25) is 0 Å². The summed E-state index contributed by atoms with van der Waals surface area (Å²) in [5.41, 5.74) is 1.37. The van der Waals surface area contributed by atoms with Gasteiger partial charge in [0, 0.05) is 0 Å². The Bertz CT molecular complexity index is 946. The predicted molar refractivity (Wildman–Crippen MR) is 110 cm³/mol. The Morgan fingerprint density at radius 3 is 2.57 bits per heavy atom. The highest BCUT2D eigenvalue weighted by Crippen LogP contribution is 2.39. The highest BCUT2D eigenvalue weighted by atomic mass is 79.9. The quantitative estimate of drug-likeness (QED) is 0.546. The first-order chi connectivity index (χ1) is 13.4. The number of carbonyl (C=O) groups excluding carboxylic acids is 2. The van der Waals surface area contributed by atoms with Crippen molar-refractivity contribution in [2.24, 2.45) is 0 Å². The molecule has 0 aliphatic carbocycles. The molecule has 146 valence electrons. The van der Waals surface area contributed by atoms with Crippen LogP contribution >= 0.6 is 27.7 Å². The van der Waals surface area contributed by atoms with E-state index in [-0.39, 0.29) is 23.5 Å². The third-order valence-corrected chi connectivity index (χ3v) is 5.46. The zero-order valence-corrected chi connectivity index (χ0v) is 17.6. The van der Waals surface area contributed by atoms with Crippen LogP contribution in [-0.2, 0) is 11.3 Å². The molecule has 1 heterocycles. The molecule has 1 saturated heterocycles. The highest BCUT2D eigenvalue weighted by molar-refractivity contribution is 9.10. The first kappa shape index (κ1) is 20.4. The molecule has 0 unspecified atom stereocenters. The minimum Gasteiger partial charge on any atom is -0.493 e. The maximum Gasteiger partial charge on any atom is 0.293 e. The summed E-state index contributed by atoms with van der Waals surface area (Å²) in [6, 6.07) is 9.24. The van der Waals surface area contributed by atoms with Gasteiger partial charge >= 0.3 is 0 Å². The molecule has 1 aliphatic heterocycles. The van der Waals surface area contributed by atoms with Crippen LogP contribution in [-0.4, -0.2) is 29.8 Å². The molecular formula is C20H17BrFNO4S. The van der Waals surface area contributed by atoms with Crippen molar-refractivity contribution >= 4 is 44.9 Å². The van der Waals surface area contributed by atoms with Gasteiger partial charge in [0.2, 0.25) is 0 Å². The molecule has 0 saturated carbocycles. The fourth-order valence-corrected chi connectivity index (χ4v) is 4.08. The SMILES string of the molecule is CCOc1c(Br)cc(/C=C2\SC(=O)N(Cc3ccc(F)cc3)C2=O)cc1OC. The number of ether oxygens (including phenoxy) is 2. The molecule has 2 aromatic carbocycles. The van der Waals surface area contributed by atoms with Crippen LogP contribution in [0.25, 0.3) is 6.08 Å². The van der Waals surface area contributed by atoms with Crippen molar-refractivity contribution in [1.82, 2.24) is 4.90 Å². The fourth-order valence-electron chi connectivity index (χ4n) is 2.67. The Hall–Kier alpha value is -2.32. The van der Waals surface area contributed by atoms with Crippen molar-refractivity contribution in [3.8, 4) is 11.5 Å². The van der Waals surface area contributed by atoms with Crippen molar-refractivity contribution in [2.45, 2.75) is 13.5 Å². The molecule has 2 amide bonds. The number of thioether (sulfide) groups is 1. The molecule has 1 aliphatic rings. The van der Waals surface area contributed by atoms with Gasteiger partial charge in [-0.05, 0) is 76.1 Å². The lowest BCUT2D eigenvalue weighted by atomic mass is 10.1. The Morgan fingerprint density at radius 1 is 1.21 bits per heavy atom. The van der Waals surface area contributed by atoms with Gasteiger partial charge in [0.15, 0.2) is 11.5 Å². The van der Waals surface area contributed by atoms with Crippen LogP contribution in [0.3, 0.4) is 0 Å². The largest absolute Gasteiger partial charge is 0.493 e. The van der Waals surface area contributed by atoms with E-state index in [1.54, 1.807) is 30.3 Å². The number of rotatable bonds is 6. The molecule has 0 aromatic heterocycles. The second-order valence-corrected chi connectivity index (χ2v) is 7.71. The summed E-state index contributed by atoms with van der Waals surface area (Å²) >= 11 is 4.31. The summed E-state index contributed by atoms with van der Waals surface area (Å²) in [5.74, 6) is 0.343. The van der Waals surface area contributed by atoms with Crippen molar-refractivity contribution < 1.29 is 23.5 Å². The Morgan fingerprint density at radius 2 is 1.93 bits per heavy atom. The number of carbonyl (C=O) groups is 2. The summed E-state index contributed by atoms with van der Waals surface area (Å²) in [6.07, 6.45) is 1.64. The number of imide groups is 1. The molecule has 0 bridgehead atoms. The average Bonchev–Trinajstić information content (AvgIpc) is 2.92. The van der Waals surface area contributed by atoms with Gasteiger partial charge in [-0.3, -0.25) is 14.5 Å². The minimum absolute atomic E-state index is 0.0958. The zero-order valence-electron chi connectivity index (χ0n) is 15.2. The number of halogens is 2. The third-order valence-electron chi connectivity index (χ3n) is 3.97. The van der Waals surface area contributed by atoms with Gasteiger partial charge in [-0.25, -0.2) is 4.39 Å². The van der Waals surface area contributed by atoms with E-state index < -0.39 is 0 Å². The van der Waals surface area contributed by atoms with Crippen molar-refractivity contribution in [3.05, 3.63) is 62.7 Å². The number of amides is 2. The van der Waals surface area contributed by atoms with Gasteiger partial charge in [-0.2, -0.15) is 0 Å². The standard InChI is InChI=1S/C20H17BrFNO4S/c1-3-27-18-15(21)8-13(9-16(18)26-2)10-17-19(24)23(20(25)28-17)11-12-4-6-14(22)7-5-12/h4-10H,3,11H2,1-2H3/b17-10-. The van der Waals surface area contributed by atoms with Gasteiger partial charge in [-0.15, -0.1) is 0 Å². The summed E-state index contributed by atoms with van der Waals surface area (Å²) in [7, 11) is 1.53. The Balaban J connectivity index is 1.85. The van der Waals surface area contributed by atoms with Crippen LogP contribution in [0.1, 0.15) is 18.1 Å². The molecule has 0 N–H and O–H groups in total. The maximum atomic E-state index is 13.0. The van der Waals surface area contributed by atoms with E-state index in [0.29, 0.717) is 38.6 Å². The summed E-state index contributed by atoms with van der Waals surface area (Å²) in [5, 5.41) is -0.363. The van der Waals surface area contributed by atoms with Crippen LogP contribution in [0.4, 0.5) is 9.18 Å². The number of benzene rings is 2. The summed E-state index contributed by atoms with van der Waals surface area (Å²) in [4.78, 5) is 26.4. The van der Waals surface area contributed by atoms with E-state index in [1.165, 1.54) is 19.2 Å². The van der Waals surface area contributed by atoms with Gasteiger partial charge in [-0.1, -0.05) is 12.1 Å². The summed E-state index contributed by atoms with van der Waals surface area (Å²) < 4.78 is 24.6. The highest BCUT2D eigenvalue weighted by Gasteiger charge is 2.35. The van der Waals surface area contributed by atoms with Crippen molar-refractivity contribution in [2.75, 3.05) is 13.7 Å². The predicted octanol–water partition coefficient (Wildman–Crippen LogP) is 5.23.